The molecule has 0 bridgehead atoms. The predicted molar refractivity (Wildman–Crippen MR) is 58.5 cm³/mol. The third-order valence-corrected chi connectivity index (χ3v) is 3.36. The van der Waals surface area contributed by atoms with Gasteiger partial charge in [-0.1, -0.05) is 0 Å². The Morgan fingerprint density at radius 1 is 1.64 bits per heavy atom. The minimum Gasteiger partial charge on any atom is -0.392 e. The fourth-order valence-electron chi connectivity index (χ4n) is 1.28. The minimum atomic E-state index is -0.484. The molecule has 0 saturated carbocycles. The van der Waals surface area contributed by atoms with E-state index in [1.54, 1.807) is 6.92 Å². The Morgan fingerprint density at radius 2 is 2.43 bits per heavy atom. The Hall–Kier alpha value is -0.420. The van der Waals surface area contributed by atoms with Gasteiger partial charge >= 0.3 is 6.03 Å². The van der Waals surface area contributed by atoms with Crippen molar-refractivity contribution < 1.29 is 9.90 Å². The summed E-state index contributed by atoms with van der Waals surface area (Å²) in [5, 5.41) is 14.3. The summed E-state index contributed by atoms with van der Waals surface area (Å²) < 4.78 is 0. The fourth-order valence-corrected chi connectivity index (χ4v) is 2.57. The molecule has 0 spiro atoms. The number of urea groups is 1. The average Bonchev–Trinajstić information content (AvgIpc) is 2.63. The molecule has 1 aliphatic heterocycles. The van der Waals surface area contributed by atoms with Gasteiger partial charge < -0.3 is 15.7 Å². The Morgan fingerprint density at radius 3 is 3.00 bits per heavy atom. The second kappa shape index (κ2) is 6.14. The van der Waals surface area contributed by atoms with Crippen molar-refractivity contribution in [2.24, 2.45) is 5.92 Å². The smallest absolute Gasteiger partial charge is 0.314 e. The van der Waals surface area contributed by atoms with Crippen LogP contribution in [0.2, 0.25) is 0 Å². The lowest BCUT2D eigenvalue weighted by Crippen LogP contribution is -2.41. The number of thioether (sulfide) groups is 1. The van der Waals surface area contributed by atoms with Gasteiger partial charge in [0, 0.05) is 13.1 Å². The number of aliphatic hydroxyl groups excluding tert-OH is 1. The number of carbonyl (C=O) groups is 1. The van der Waals surface area contributed by atoms with Gasteiger partial charge in [0.05, 0.1) is 6.10 Å². The summed E-state index contributed by atoms with van der Waals surface area (Å²) >= 11 is 1.94. The molecule has 1 fully saturated rings. The van der Waals surface area contributed by atoms with Crippen molar-refractivity contribution in [3.8, 4) is 0 Å². The molecule has 5 heteroatoms. The van der Waals surface area contributed by atoms with Gasteiger partial charge in [-0.05, 0) is 30.8 Å². The lowest BCUT2D eigenvalue weighted by atomic mass is 10.1. The summed E-state index contributed by atoms with van der Waals surface area (Å²) in [5.41, 5.74) is 0. The third-order valence-electron chi connectivity index (χ3n) is 2.13. The number of rotatable bonds is 4. The standard InChI is InChI=1S/C9H18N2O2S/c1-7(12)4-10-9(13)11-5-8-2-3-14-6-8/h7-8,12H,2-6H2,1H3,(H2,10,11,13). The molecule has 0 aliphatic carbocycles. The van der Waals surface area contributed by atoms with Crippen LogP contribution in [0.15, 0.2) is 0 Å². The van der Waals surface area contributed by atoms with Crippen LogP contribution in [0.25, 0.3) is 0 Å². The topological polar surface area (TPSA) is 61.4 Å². The van der Waals surface area contributed by atoms with Crippen molar-refractivity contribution in [2.45, 2.75) is 19.4 Å². The zero-order valence-corrected chi connectivity index (χ0v) is 9.27. The van der Waals surface area contributed by atoms with Crippen molar-refractivity contribution >= 4 is 17.8 Å². The highest BCUT2D eigenvalue weighted by molar-refractivity contribution is 7.99. The number of carbonyl (C=O) groups excluding carboxylic acids is 1. The second-order valence-electron chi connectivity index (χ2n) is 3.67. The molecule has 0 aromatic heterocycles. The summed E-state index contributed by atoms with van der Waals surface area (Å²) in [5.74, 6) is 2.98. The van der Waals surface area contributed by atoms with Crippen molar-refractivity contribution in [1.29, 1.82) is 0 Å². The van der Waals surface area contributed by atoms with Crippen molar-refractivity contribution in [2.75, 3.05) is 24.6 Å². The zero-order chi connectivity index (χ0) is 10.4. The average molecular weight is 218 g/mol. The van der Waals surface area contributed by atoms with Crippen LogP contribution in [0.4, 0.5) is 4.79 Å². The number of nitrogens with one attached hydrogen (secondary N) is 2. The molecule has 1 rings (SSSR count). The van der Waals surface area contributed by atoms with Gasteiger partial charge in [-0.3, -0.25) is 0 Å². The van der Waals surface area contributed by atoms with E-state index in [0.29, 0.717) is 12.5 Å². The molecule has 4 nitrogen and oxygen atoms in total. The van der Waals surface area contributed by atoms with Crippen molar-refractivity contribution in [1.82, 2.24) is 10.6 Å². The van der Waals surface area contributed by atoms with E-state index in [1.165, 1.54) is 12.2 Å². The van der Waals surface area contributed by atoms with E-state index in [-0.39, 0.29) is 6.03 Å². The van der Waals surface area contributed by atoms with Gasteiger partial charge in [0.25, 0.3) is 0 Å². The summed E-state index contributed by atoms with van der Waals surface area (Å²) in [6.45, 7) is 2.71. The molecule has 82 valence electrons. The number of hydrogen-bond acceptors (Lipinski definition) is 3. The molecule has 1 heterocycles. The second-order valence-corrected chi connectivity index (χ2v) is 4.82. The molecule has 1 aliphatic rings. The molecule has 2 unspecified atom stereocenters. The van der Waals surface area contributed by atoms with Gasteiger partial charge in [0.1, 0.15) is 0 Å². The molecule has 3 N–H and O–H groups in total. The fraction of sp³-hybridized carbons (Fsp3) is 0.889. The SMILES string of the molecule is CC(O)CNC(=O)NCC1CCSC1. The first-order chi connectivity index (χ1) is 6.68. The maximum atomic E-state index is 11.2. The highest BCUT2D eigenvalue weighted by Crippen LogP contribution is 2.22. The first kappa shape index (κ1) is 11.7. The van der Waals surface area contributed by atoms with E-state index in [0.717, 1.165) is 12.3 Å². The van der Waals surface area contributed by atoms with Crippen LogP contribution in [-0.4, -0.2) is 41.8 Å². The van der Waals surface area contributed by atoms with Gasteiger partial charge in [-0.2, -0.15) is 11.8 Å². The Labute approximate surface area is 88.8 Å². The zero-order valence-electron chi connectivity index (χ0n) is 8.45. The van der Waals surface area contributed by atoms with E-state index in [4.69, 9.17) is 5.11 Å². The van der Waals surface area contributed by atoms with Crippen molar-refractivity contribution in [3.63, 3.8) is 0 Å². The summed E-state index contributed by atoms with van der Waals surface area (Å²) in [6.07, 6.45) is 0.712. The molecule has 14 heavy (non-hydrogen) atoms. The van der Waals surface area contributed by atoms with E-state index < -0.39 is 6.10 Å². The van der Waals surface area contributed by atoms with Gasteiger partial charge in [-0.25, -0.2) is 4.79 Å². The van der Waals surface area contributed by atoms with E-state index in [9.17, 15) is 4.79 Å². The summed E-state index contributed by atoms with van der Waals surface area (Å²) in [7, 11) is 0. The van der Waals surface area contributed by atoms with Crippen LogP contribution in [0.3, 0.4) is 0 Å². The Kier molecular flexibility index (Phi) is 5.11. The predicted octanol–water partition coefficient (Wildman–Crippen LogP) is 0.419. The van der Waals surface area contributed by atoms with E-state index in [1.807, 2.05) is 11.8 Å². The molecule has 2 amide bonds. The lowest BCUT2D eigenvalue weighted by molar-refractivity contribution is 0.187. The van der Waals surface area contributed by atoms with Crippen LogP contribution < -0.4 is 10.6 Å². The lowest BCUT2D eigenvalue weighted by Gasteiger charge is -2.11. The summed E-state index contributed by atoms with van der Waals surface area (Å²) in [6, 6.07) is -0.178. The molecular formula is C9H18N2O2S. The van der Waals surface area contributed by atoms with Crippen LogP contribution in [0.1, 0.15) is 13.3 Å². The van der Waals surface area contributed by atoms with Crippen LogP contribution >= 0.6 is 11.8 Å². The van der Waals surface area contributed by atoms with E-state index in [2.05, 4.69) is 10.6 Å². The molecule has 1 saturated heterocycles. The Balaban J connectivity index is 2.02. The quantitative estimate of drug-likeness (QED) is 0.641. The maximum absolute atomic E-state index is 11.2. The van der Waals surface area contributed by atoms with Gasteiger partial charge in [0.15, 0.2) is 0 Å². The van der Waals surface area contributed by atoms with Crippen LogP contribution in [0, 0.1) is 5.92 Å². The molecule has 0 radical (unpaired) electrons. The van der Waals surface area contributed by atoms with Crippen molar-refractivity contribution in [3.05, 3.63) is 0 Å². The first-order valence-corrected chi connectivity index (χ1v) is 6.11. The highest BCUT2D eigenvalue weighted by Gasteiger charge is 2.15. The van der Waals surface area contributed by atoms with Gasteiger partial charge in [-0.15, -0.1) is 0 Å². The van der Waals surface area contributed by atoms with Crippen LogP contribution in [0.5, 0.6) is 0 Å². The minimum absolute atomic E-state index is 0.178. The Bertz CT molecular complexity index is 182. The number of aliphatic hydroxyl groups is 1. The van der Waals surface area contributed by atoms with Crippen LogP contribution in [-0.2, 0) is 0 Å². The highest BCUT2D eigenvalue weighted by atomic mass is 32.2. The summed E-state index contributed by atoms with van der Waals surface area (Å²) in [4.78, 5) is 11.2. The monoisotopic (exact) mass is 218 g/mol. The van der Waals surface area contributed by atoms with Gasteiger partial charge in [0.2, 0.25) is 0 Å². The molecule has 0 aromatic rings. The molecular weight excluding hydrogens is 200 g/mol. The first-order valence-electron chi connectivity index (χ1n) is 4.96. The maximum Gasteiger partial charge on any atom is 0.314 e. The largest absolute Gasteiger partial charge is 0.392 e. The third kappa shape index (κ3) is 4.72. The number of amides is 2. The number of hydrogen-bond donors (Lipinski definition) is 3. The molecule has 2 atom stereocenters. The molecule has 0 aromatic carbocycles. The van der Waals surface area contributed by atoms with E-state index >= 15 is 0 Å². The normalized spacial score (nSPS) is 23.1.